The molecule has 21 heavy (non-hydrogen) atoms. The van der Waals surface area contributed by atoms with Crippen LogP contribution in [0.25, 0.3) is 0 Å². The third kappa shape index (κ3) is 7.61. The molecule has 0 radical (unpaired) electrons. The van der Waals surface area contributed by atoms with E-state index in [1.807, 2.05) is 13.8 Å². The SMILES string of the molecule is CC[NH+](C)CC(C)(C)CNS(=O)(=O)C(C)(C)CC(C)(C)C. The van der Waals surface area contributed by atoms with Crippen molar-refractivity contribution in [3.05, 3.63) is 0 Å². The quantitative estimate of drug-likeness (QED) is 0.715. The van der Waals surface area contributed by atoms with E-state index < -0.39 is 14.8 Å². The van der Waals surface area contributed by atoms with Crippen molar-refractivity contribution >= 4 is 10.0 Å². The van der Waals surface area contributed by atoms with Gasteiger partial charge in [-0.05, 0) is 32.6 Å². The van der Waals surface area contributed by atoms with Gasteiger partial charge < -0.3 is 4.90 Å². The van der Waals surface area contributed by atoms with E-state index in [1.54, 1.807) is 0 Å². The normalized spacial score (nSPS) is 16.0. The van der Waals surface area contributed by atoms with Crippen molar-refractivity contribution in [2.75, 3.05) is 26.7 Å². The average Bonchev–Trinajstić information content (AvgIpc) is 2.22. The van der Waals surface area contributed by atoms with Crippen LogP contribution < -0.4 is 9.62 Å². The topological polar surface area (TPSA) is 50.6 Å². The molecule has 0 aromatic carbocycles. The molecule has 0 bridgehead atoms. The summed E-state index contributed by atoms with van der Waals surface area (Å²) in [7, 11) is -1.19. The minimum Gasteiger partial charge on any atom is -0.337 e. The Hall–Kier alpha value is -0.130. The lowest BCUT2D eigenvalue weighted by molar-refractivity contribution is -0.884. The molecule has 0 aliphatic carbocycles. The first-order valence-electron chi connectivity index (χ1n) is 7.92. The van der Waals surface area contributed by atoms with Crippen molar-refractivity contribution in [2.45, 2.75) is 66.6 Å². The van der Waals surface area contributed by atoms with Crippen LogP contribution in [-0.4, -0.2) is 39.8 Å². The van der Waals surface area contributed by atoms with Crippen molar-refractivity contribution in [3.8, 4) is 0 Å². The third-order valence-corrected chi connectivity index (χ3v) is 5.93. The fourth-order valence-corrected chi connectivity index (χ4v) is 4.46. The summed E-state index contributed by atoms with van der Waals surface area (Å²) in [5.41, 5.74) is -0.0642. The summed E-state index contributed by atoms with van der Waals surface area (Å²) in [6.07, 6.45) is 0.635. The minimum atomic E-state index is -3.33. The van der Waals surface area contributed by atoms with Crippen LogP contribution in [0.3, 0.4) is 0 Å². The number of quaternary nitrogens is 1. The summed E-state index contributed by atoms with van der Waals surface area (Å²) in [4.78, 5) is 1.41. The maximum atomic E-state index is 12.6. The second-order valence-electron chi connectivity index (χ2n) is 8.97. The molecule has 5 heteroatoms. The van der Waals surface area contributed by atoms with Gasteiger partial charge in [0.15, 0.2) is 0 Å². The molecule has 0 rings (SSSR count). The van der Waals surface area contributed by atoms with Crippen molar-refractivity contribution in [2.24, 2.45) is 10.8 Å². The van der Waals surface area contributed by atoms with Crippen LogP contribution in [0.4, 0.5) is 0 Å². The minimum absolute atomic E-state index is 0.0135. The molecule has 1 atom stereocenters. The Morgan fingerprint density at radius 1 is 1.00 bits per heavy atom. The van der Waals surface area contributed by atoms with Gasteiger partial charge in [-0.25, -0.2) is 13.1 Å². The average molecular weight is 322 g/mol. The fraction of sp³-hybridized carbons (Fsp3) is 1.00. The first-order chi connectivity index (χ1) is 9.12. The van der Waals surface area contributed by atoms with Gasteiger partial charge in [-0.3, -0.25) is 0 Å². The summed E-state index contributed by atoms with van der Waals surface area (Å²) in [5.74, 6) is 0. The summed E-state index contributed by atoms with van der Waals surface area (Å²) >= 11 is 0. The molecule has 0 aromatic rings. The molecule has 128 valence electrons. The number of rotatable bonds is 8. The van der Waals surface area contributed by atoms with Crippen molar-refractivity contribution < 1.29 is 13.3 Å². The van der Waals surface area contributed by atoms with Gasteiger partial charge >= 0.3 is 0 Å². The zero-order valence-corrected chi connectivity index (χ0v) is 16.4. The smallest absolute Gasteiger partial charge is 0.216 e. The van der Waals surface area contributed by atoms with Gasteiger partial charge in [0.1, 0.15) is 0 Å². The molecule has 4 nitrogen and oxygen atoms in total. The van der Waals surface area contributed by atoms with E-state index >= 15 is 0 Å². The predicted octanol–water partition coefficient (Wildman–Crippen LogP) is 1.68. The molecular weight excluding hydrogens is 284 g/mol. The van der Waals surface area contributed by atoms with Gasteiger partial charge in [-0.2, -0.15) is 0 Å². The third-order valence-electron chi connectivity index (χ3n) is 3.81. The Labute approximate surface area is 132 Å². The molecule has 0 saturated carbocycles. The number of nitrogens with one attached hydrogen (secondary N) is 2. The summed E-state index contributed by atoms with van der Waals surface area (Å²) < 4.78 is 27.3. The largest absolute Gasteiger partial charge is 0.337 e. The van der Waals surface area contributed by atoms with Gasteiger partial charge in [0.2, 0.25) is 10.0 Å². The van der Waals surface area contributed by atoms with Crippen LogP contribution in [0.15, 0.2) is 0 Å². The van der Waals surface area contributed by atoms with Crippen LogP contribution in [0, 0.1) is 10.8 Å². The first kappa shape index (κ1) is 20.9. The van der Waals surface area contributed by atoms with Crippen LogP contribution in [0.2, 0.25) is 0 Å². The zero-order valence-electron chi connectivity index (χ0n) is 15.6. The Morgan fingerprint density at radius 2 is 1.48 bits per heavy atom. The second-order valence-corrected chi connectivity index (χ2v) is 11.4. The van der Waals surface area contributed by atoms with E-state index in [0.717, 1.165) is 13.1 Å². The highest BCUT2D eigenvalue weighted by molar-refractivity contribution is 7.90. The molecule has 0 fully saturated rings. The summed E-state index contributed by atoms with van der Waals surface area (Å²) in [6.45, 7) is 18.7. The highest BCUT2D eigenvalue weighted by Crippen LogP contribution is 2.32. The highest BCUT2D eigenvalue weighted by atomic mass is 32.2. The lowest BCUT2D eigenvalue weighted by Crippen LogP contribution is -3.10. The lowest BCUT2D eigenvalue weighted by atomic mass is 9.86. The Balaban J connectivity index is 4.83. The molecule has 0 saturated heterocycles. The van der Waals surface area contributed by atoms with E-state index in [-0.39, 0.29) is 10.8 Å². The molecule has 1 unspecified atom stereocenters. The lowest BCUT2D eigenvalue weighted by Gasteiger charge is -2.34. The predicted molar refractivity (Wildman–Crippen MR) is 91.1 cm³/mol. The zero-order chi connectivity index (χ0) is 17.1. The van der Waals surface area contributed by atoms with Crippen LogP contribution >= 0.6 is 0 Å². The number of sulfonamides is 1. The van der Waals surface area contributed by atoms with Gasteiger partial charge in [0.25, 0.3) is 0 Å². The summed E-state index contributed by atoms with van der Waals surface area (Å²) in [5, 5.41) is 0. The maximum absolute atomic E-state index is 12.6. The molecule has 0 aliphatic heterocycles. The van der Waals surface area contributed by atoms with E-state index in [9.17, 15) is 8.42 Å². The van der Waals surface area contributed by atoms with E-state index in [1.165, 1.54) is 4.90 Å². The number of hydrogen-bond donors (Lipinski definition) is 2. The molecule has 2 N–H and O–H groups in total. The molecule has 0 aliphatic rings. The highest BCUT2D eigenvalue weighted by Gasteiger charge is 2.38. The van der Waals surface area contributed by atoms with Crippen LogP contribution in [-0.2, 0) is 10.0 Å². The van der Waals surface area contributed by atoms with Crippen LogP contribution in [0.1, 0.15) is 61.8 Å². The Morgan fingerprint density at radius 3 is 1.86 bits per heavy atom. The first-order valence-corrected chi connectivity index (χ1v) is 9.41. The Bertz CT molecular complexity index is 420. The van der Waals surface area contributed by atoms with E-state index in [4.69, 9.17) is 0 Å². The van der Waals surface area contributed by atoms with Gasteiger partial charge in [0, 0.05) is 12.0 Å². The fourth-order valence-electron chi connectivity index (χ4n) is 2.86. The van der Waals surface area contributed by atoms with Crippen molar-refractivity contribution in [1.29, 1.82) is 0 Å². The van der Waals surface area contributed by atoms with Crippen LogP contribution in [0.5, 0.6) is 0 Å². The van der Waals surface area contributed by atoms with Gasteiger partial charge in [-0.15, -0.1) is 0 Å². The second kappa shape index (κ2) is 6.97. The molecular formula is C16H37N2O2S+. The maximum Gasteiger partial charge on any atom is 0.216 e. The molecule has 0 aromatic heterocycles. The molecule has 0 heterocycles. The Kier molecular flexibility index (Phi) is 6.92. The molecule has 0 amide bonds. The standard InChI is InChI=1S/C16H36N2O2S/c1-10-18(9)13-15(5,6)12-17-21(19,20)16(7,8)11-14(2,3)4/h17H,10-13H2,1-9H3/p+1. The van der Waals surface area contributed by atoms with Gasteiger partial charge in [0.05, 0.1) is 24.9 Å². The van der Waals surface area contributed by atoms with Crippen molar-refractivity contribution in [3.63, 3.8) is 0 Å². The number of hydrogen-bond acceptors (Lipinski definition) is 2. The van der Waals surface area contributed by atoms with Crippen molar-refractivity contribution in [1.82, 2.24) is 4.72 Å². The van der Waals surface area contributed by atoms with Gasteiger partial charge in [-0.1, -0.05) is 34.6 Å². The van der Waals surface area contributed by atoms with E-state index in [0.29, 0.717) is 13.0 Å². The summed E-state index contributed by atoms with van der Waals surface area (Å²) in [6, 6.07) is 0. The van der Waals surface area contributed by atoms with E-state index in [2.05, 4.69) is 53.3 Å². The molecule has 0 spiro atoms. The monoisotopic (exact) mass is 321 g/mol.